The van der Waals surface area contributed by atoms with Crippen LogP contribution >= 0.6 is 0 Å². The van der Waals surface area contributed by atoms with Crippen molar-refractivity contribution < 1.29 is 24.3 Å². The number of rotatable bonds is 7. The normalized spacial score (nSPS) is 12.8. The standard InChI is InChI=1S/C26H31N3O5.3C2H6/c1-4-27-26(32)24-23(18-7-5-17(6-8-18)15-29-9-11-33-12-10-29)25(34-28-24)20-13-19(16(2)3)21(30)14-22(20)31;3*1-2/h5-8,13-14,16,30-31H,4,9-12,15H2,1-3H3,(H,27,32);3*1-2H3. The molecule has 4 rings (SSSR count). The van der Waals surface area contributed by atoms with Gasteiger partial charge in [0.2, 0.25) is 0 Å². The van der Waals surface area contributed by atoms with Crippen molar-refractivity contribution in [3.8, 4) is 33.9 Å². The molecule has 222 valence electrons. The van der Waals surface area contributed by atoms with E-state index in [1.807, 2.05) is 86.6 Å². The fraction of sp³-hybridized carbons (Fsp3) is 0.500. The molecule has 0 aliphatic carbocycles. The number of amides is 1. The summed E-state index contributed by atoms with van der Waals surface area (Å²) in [5.74, 6) is -0.193. The van der Waals surface area contributed by atoms with Crippen LogP contribution in [0, 0.1) is 0 Å². The van der Waals surface area contributed by atoms with Gasteiger partial charge in [0.25, 0.3) is 5.91 Å². The van der Waals surface area contributed by atoms with Crippen LogP contribution in [0.3, 0.4) is 0 Å². The maximum absolute atomic E-state index is 12.8. The molecular formula is C32H49N3O5. The van der Waals surface area contributed by atoms with E-state index >= 15 is 0 Å². The molecule has 0 bridgehead atoms. The van der Waals surface area contributed by atoms with E-state index in [9.17, 15) is 15.0 Å². The summed E-state index contributed by atoms with van der Waals surface area (Å²) in [7, 11) is 0. The Balaban J connectivity index is 0.00000125. The second-order valence-electron chi connectivity index (χ2n) is 8.76. The number of hydrogen-bond donors (Lipinski definition) is 3. The van der Waals surface area contributed by atoms with Crippen molar-refractivity contribution >= 4 is 5.91 Å². The summed E-state index contributed by atoms with van der Waals surface area (Å²) in [4.78, 5) is 15.1. The van der Waals surface area contributed by atoms with Crippen LogP contribution in [0.25, 0.3) is 22.5 Å². The summed E-state index contributed by atoms with van der Waals surface area (Å²) in [6, 6.07) is 10.9. The van der Waals surface area contributed by atoms with Gasteiger partial charge in [-0.05, 0) is 35.6 Å². The highest BCUT2D eigenvalue weighted by molar-refractivity contribution is 6.02. The molecule has 2 aromatic carbocycles. The molecule has 3 aromatic rings. The second-order valence-corrected chi connectivity index (χ2v) is 8.76. The molecule has 40 heavy (non-hydrogen) atoms. The van der Waals surface area contributed by atoms with Crippen LogP contribution in [0.4, 0.5) is 0 Å². The lowest BCUT2D eigenvalue weighted by Gasteiger charge is -2.26. The van der Waals surface area contributed by atoms with E-state index in [0.717, 1.165) is 44.0 Å². The Hall–Kier alpha value is -3.36. The lowest BCUT2D eigenvalue weighted by Crippen LogP contribution is -2.35. The number of carbonyl (C=O) groups excluding carboxylic acids is 1. The molecule has 1 amide bonds. The van der Waals surface area contributed by atoms with Gasteiger partial charge in [-0.2, -0.15) is 0 Å². The third-order valence-corrected chi connectivity index (χ3v) is 6.01. The number of morpholine rings is 1. The van der Waals surface area contributed by atoms with E-state index in [1.165, 1.54) is 6.07 Å². The van der Waals surface area contributed by atoms with Crippen LogP contribution in [0.15, 0.2) is 40.9 Å². The van der Waals surface area contributed by atoms with E-state index in [4.69, 9.17) is 9.26 Å². The molecule has 0 radical (unpaired) electrons. The highest BCUT2D eigenvalue weighted by Gasteiger charge is 2.27. The molecule has 1 saturated heterocycles. The minimum absolute atomic E-state index is 0.00808. The second kappa shape index (κ2) is 18.1. The van der Waals surface area contributed by atoms with Gasteiger partial charge < -0.3 is 24.8 Å². The minimum Gasteiger partial charge on any atom is -0.508 e. The van der Waals surface area contributed by atoms with Gasteiger partial charge in [-0.3, -0.25) is 9.69 Å². The lowest BCUT2D eigenvalue weighted by molar-refractivity contribution is 0.0342. The van der Waals surface area contributed by atoms with Crippen molar-refractivity contribution in [2.75, 3.05) is 32.8 Å². The van der Waals surface area contributed by atoms with Crippen LogP contribution in [0.5, 0.6) is 11.5 Å². The van der Waals surface area contributed by atoms with Gasteiger partial charge in [0, 0.05) is 32.2 Å². The lowest BCUT2D eigenvalue weighted by atomic mass is 9.94. The molecule has 1 aliphatic heterocycles. The number of phenolic OH excluding ortho intramolecular Hbond substituents is 2. The average Bonchev–Trinajstić information content (AvgIpc) is 3.42. The number of ether oxygens (including phenoxy) is 1. The summed E-state index contributed by atoms with van der Waals surface area (Å²) in [6.07, 6.45) is 0. The molecule has 0 saturated carbocycles. The van der Waals surface area contributed by atoms with Crippen LogP contribution in [-0.4, -0.2) is 59.0 Å². The van der Waals surface area contributed by atoms with Crippen molar-refractivity contribution in [3.63, 3.8) is 0 Å². The van der Waals surface area contributed by atoms with E-state index in [-0.39, 0.29) is 34.8 Å². The number of benzene rings is 2. The Morgan fingerprint density at radius 3 is 2.12 bits per heavy atom. The zero-order valence-electron chi connectivity index (χ0n) is 25.8. The van der Waals surface area contributed by atoms with Gasteiger partial charge in [-0.1, -0.05) is 84.8 Å². The van der Waals surface area contributed by atoms with Crippen LogP contribution in [0.2, 0.25) is 0 Å². The van der Waals surface area contributed by atoms with E-state index in [1.54, 1.807) is 6.07 Å². The van der Waals surface area contributed by atoms with Gasteiger partial charge >= 0.3 is 0 Å². The van der Waals surface area contributed by atoms with Gasteiger partial charge in [0.05, 0.1) is 24.3 Å². The van der Waals surface area contributed by atoms with Crippen molar-refractivity contribution in [3.05, 3.63) is 53.2 Å². The summed E-state index contributed by atoms with van der Waals surface area (Å²) in [5, 5.41) is 27.7. The molecule has 2 heterocycles. The fourth-order valence-corrected chi connectivity index (χ4v) is 4.17. The average molecular weight is 556 g/mol. The van der Waals surface area contributed by atoms with Crippen molar-refractivity contribution in [2.24, 2.45) is 0 Å². The number of aromatic hydroxyl groups is 2. The first-order valence-corrected chi connectivity index (χ1v) is 14.6. The Morgan fingerprint density at radius 1 is 0.975 bits per heavy atom. The molecule has 3 N–H and O–H groups in total. The molecule has 1 fully saturated rings. The van der Waals surface area contributed by atoms with Gasteiger partial charge in [0.1, 0.15) is 11.5 Å². The highest BCUT2D eigenvalue weighted by atomic mass is 16.5. The predicted molar refractivity (Wildman–Crippen MR) is 163 cm³/mol. The summed E-state index contributed by atoms with van der Waals surface area (Å²) < 4.78 is 11.1. The largest absolute Gasteiger partial charge is 0.508 e. The molecule has 0 unspecified atom stereocenters. The Bertz CT molecular complexity index is 1150. The predicted octanol–water partition coefficient (Wildman–Crippen LogP) is 7.20. The third kappa shape index (κ3) is 8.83. The summed E-state index contributed by atoms with van der Waals surface area (Å²) in [6.45, 7) is 22.3. The van der Waals surface area contributed by atoms with Crippen molar-refractivity contribution in [1.82, 2.24) is 15.4 Å². The minimum atomic E-state index is -0.354. The van der Waals surface area contributed by atoms with E-state index < -0.39 is 0 Å². The summed E-state index contributed by atoms with van der Waals surface area (Å²) >= 11 is 0. The van der Waals surface area contributed by atoms with Gasteiger partial charge in [-0.25, -0.2) is 0 Å². The first-order chi connectivity index (χ1) is 19.4. The number of nitrogens with zero attached hydrogens (tertiary/aromatic N) is 2. The molecule has 8 heteroatoms. The fourth-order valence-electron chi connectivity index (χ4n) is 4.17. The van der Waals surface area contributed by atoms with Gasteiger partial charge in [0.15, 0.2) is 11.5 Å². The van der Waals surface area contributed by atoms with E-state index in [2.05, 4.69) is 15.4 Å². The van der Waals surface area contributed by atoms with Crippen molar-refractivity contribution in [2.45, 2.75) is 74.8 Å². The zero-order valence-corrected chi connectivity index (χ0v) is 25.8. The van der Waals surface area contributed by atoms with Crippen LogP contribution < -0.4 is 5.32 Å². The number of aromatic nitrogens is 1. The zero-order chi connectivity index (χ0) is 30.2. The Labute approximate surface area is 240 Å². The number of carbonyl (C=O) groups is 1. The molecule has 1 aliphatic rings. The molecule has 8 nitrogen and oxygen atoms in total. The molecule has 0 atom stereocenters. The molecule has 0 spiro atoms. The van der Waals surface area contributed by atoms with Crippen LogP contribution in [0.1, 0.15) is 89.8 Å². The van der Waals surface area contributed by atoms with Crippen molar-refractivity contribution in [1.29, 1.82) is 0 Å². The Morgan fingerprint density at radius 2 is 1.57 bits per heavy atom. The Kier molecular flexibility index (Phi) is 15.7. The van der Waals surface area contributed by atoms with Crippen LogP contribution in [-0.2, 0) is 11.3 Å². The number of phenols is 2. The molecular weight excluding hydrogens is 506 g/mol. The summed E-state index contributed by atoms with van der Waals surface area (Å²) in [5.41, 5.74) is 3.59. The smallest absolute Gasteiger partial charge is 0.274 e. The maximum Gasteiger partial charge on any atom is 0.274 e. The first-order valence-electron chi connectivity index (χ1n) is 14.6. The number of nitrogens with one attached hydrogen (secondary N) is 1. The van der Waals surface area contributed by atoms with Gasteiger partial charge in [-0.15, -0.1) is 0 Å². The van der Waals surface area contributed by atoms with E-state index in [0.29, 0.717) is 23.2 Å². The SMILES string of the molecule is CC.CC.CC.CCNC(=O)c1noc(-c2cc(C(C)C)c(O)cc2O)c1-c1ccc(CN2CCOCC2)cc1. The topological polar surface area (TPSA) is 108 Å². The highest BCUT2D eigenvalue weighted by Crippen LogP contribution is 2.43. The molecule has 1 aromatic heterocycles. The number of hydrogen-bond acceptors (Lipinski definition) is 7. The first kappa shape index (κ1) is 34.7. The third-order valence-electron chi connectivity index (χ3n) is 6.01. The maximum atomic E-state index is 12.8. The monoisotopic (exact) mass is 555 g/mol. The quantitative estimate of drug-likeness (QED) is 0.283.